The number of hydroxylamine groups is 2. The van der Waals surface area contributed by atoms with E-state index in [0.29, 0.717) is 24.3 Å². The van der Waals surface area contributed by atoms with Gasteiger partial charge in [-0.2, -0.15) is 35.4 Å². The van der Waals surface area contributed by atoms with E-state index < -0.39 is 17.8 Å². The molecule has 208 valence electrons. The van der Waals surface area contributed by atoms with E-state index in [9.17, 15) is 19.2 Å². The minimum Gasteiger partial charge on any atom is -0.473 e. The molecular weight excluding hydrogens is 556 g/mol. The first-order valence-electron chi connectivity index (χ1n) is 12.1. The van der Waals surface area contributed by atoms with E-state index in [0.717, 1.165) is 10.8 Å². The molecule has 0 spiro atoms. The Balaban J connectivity index is 0.000000840. The average molecular weight is 584 g/mol. The summed E-state index contributed by atoms with van der Waals surface area (Å²) in [6.07, 6.45) is 3.33. The molecule has 0 aliphatic carbocycles. The van der Waals surface area contributed by atoms with Crippen LogP contribution in [0.3, 0.4) is 0 Å². The van der Waals surface area contributed by atoms with Crippen LogP contribution in [0.15, 0.2) is 101 Å². The first-order valence-corrected chi connectivity index (χ1v) is 12.1. The van der Waals surface area contributed by atoms with Crippen LogP contribution in [-0.2, 0) is 31.5 Å². The molecule has 0 saturated carbocycles. The number of hydrogen-bond acceptors (Lipinski definition) is 7. The van der Waals surface area contributed by atoms with Gasteiger partial charge in [-0.25, -0.2) is 33.9 Å². The summed E-state index contributed by atoms with van der Waals surface area (Å²) >= 11 is 0. The fraction of sp³-hybridized carbons (Fsp3) is 0.133. The van der Waals surface area contributed by atoms with Crippen molar-refractivity contribution in [2.75, 3.05) is 18.4 Å². The number of allylic oxidation sites excluding steroid dienone is 1. The molecule has 1 heterocycles. The van der Waals surface area contributed by atoms with Crippen molar-refractivity contribution in [2.24, 2.45) is 0 Å². The normalized spacial score (nSPS) is 10.1. The van der Waals surface area contributed by atoms with Crippen LogP contribution in [0.25, 0.3) is 6.08 Å². The second-order valence-electron chi connectivity index (χ2n) is 8.24. The predicted molar refractivity (Wildman–Crippen MR) is 145 cm³/mol. The summed E-state index contributed by atoms with van der Waals surface area (Å²) in [5.41, 5.74) is 1.75. The molecule has 0 atom stereocenters. The van der Waals surface area contributed by atoms with Crippen LogP contribution in [0.4, 0.5) is 5.69 Å². The molecular formula is C30H28FeN2O7. The first kappa shape index (κ1) is 31.6. The fourth-order valence-corrected chi connectivity index (χ4v) is 3.30. The largest absolute Gasteiger partial charge is 2.00 e. The average Bonchev–Trinajstić information content (AvgIpc) is 3.74. The molecule has 40 heavy (non-hydrogen) atoms. The van der Waals surface area contributed by atoms with Gasteiger partial charge < -0.3 is 19.7 Å². The smallest absolute Gasteiger partial charge is 0.473 e. The minimum atomic E-state index is -1.80. The van der Waals surface area contributed by atoms with E-state index in [4.69, 9.17) is 14.4 Å². The number of aliphatic carboxylic acids is 1. The van der Waals surface area contributed by atoms with Gasteiger partial charge in [0.15, 0.2) is 5.76 Å². The van der Waals surface area contributed by atoms with Crippen LogP contribution in [-0.4, -0.2) is 46.9 Å². The molecule has 1 aromatic heterocycles. The Hall–Kier alpha value is -4.66. The number of anilines is 1. The van der Waals surface area contributed by atoms with Crippen molar-refractivity contribution in [2.45, 2.75) is 13.3 Å². The van der Waals surface area contributed by atoms with Crippen molar-refractivity contribution in [1.82, 2.24) is 5.06 Å². The van der Waals surface area contributed by atoms with Crippen molar-refractivity contribution in [3.05, 3.63) is 120 Å². The van der Waals surface area contributed by atoms with Crippen LogP contribution >= 0.6 is 0 Å². The van der Waals surface area contributed by atoms with Gasteiger partial charge in [0, 0.05) is 12.1 Å². The van der Waals surface area contributed by atoms with Crippen LogP contribution in [0.1, 0.15) is 38.7 Å². The van der Waals surface area contributed by atoms with E-state index in [2.05, 4.69) is 5.32 Å². The zero-order valence-electron chi connectivity index (χ0n) is 21.6. The van der Waals surface area contributed by atoms with Crippen LogP contribution in [0.5, 0.6) is 0 Å². The van der Waals surface area contributed by atoms with Crippen molar-refractivity contribution in [3.8, 4) is 0 Å². The second-order valence-corrected chi connectivity index (χ2v) is 8.24. The van der Waals surface area contributed by atoms with Crippen molar-refractivity contribution < 1.29 is 50.6 Å². The zero-order chi connectivity index (χ0) is 28.0. The minimum absolute atomic E-state index is 0. The standard InChI is InChI=1S/C25H23N2O7.C5H5.Fe/c1-17-7-14-22(33-17)21(28)13-10-18-8-11-19(12-9-18)23(29)27(34-25(32)24(30)31)16-4-15-26-20-5-2-3-6-20;1-2-4-5-3-1;/h2-3,5-14,26H,4,15-16H2,1H3,(H,30,31);1-5H;/q2*-1;+2/b13-10+;;. The Bertz CT molecular complexity index is 1350. The number of carbonyl (C=O) groups is 4. The molecule has 10 heteroatoms. The molecule has 4 aromatic rings. The number of carbonyl (C=O) groups excluding carboxylic acids is 3. The summed E-state index contributed by atoms with van der Waals surface area (Å²) in [6, 6.07) is 27.0. The molecule has 0 aliphatic heterocycles. The summed E-state index contributed by atoms with van der Waals surface area (Å²) in [7, 11) is 0. The first-order chi connectivity index (χ1) is 18.8. The monoisotopic (exact) mass is 584 g/mol. The fourth-order valence-electron chi connectivity index (χ4n) is 3.30. The van der Waals surface area contributed by atoms with Crippen molar-refractivity contribution in [1.29, 1.82) is 0 Å². The van der Waals surface area contributed by atoms with E-state index in [1.165, 1.54) is 18.2 Å². The van der Waals surface area contributed by atoms with Gasteiger partial charge >= 0.3 is 29.0 Å². The summed E-state index contributed by atoms with van der Waals surface area (Å²) in [5.74, 6) is -3.46. The maximum atomic E-state index is 12.8. The topological polar surface area (TPSA) is 126 Å². The molecule has 3 aromatic carbocycles. The summed E-state index contributed by atoms with van der Waals surface area (Å²) < 4.78 is 5.28. The van der Waals surface area contributed by atoms with E-state index >= 15 is 0 Å². The van der Waals surface area contributed by atoms with Gasteiger partial charge in [0.05, 0.1) is 6.54 Å². The van der Waals surface area contributed by atoms with Crippen LogP contribution < -0.4 is 5.32 Å². The number of benzene rings is 1. The number of amides is 1. The molecule has 0 aliphatic rings. The molecule has 2 N–H and O–H groups in total. The van der Waals surface area contributed by atoms with Gasteiger partial charge in [0.1, 0.15) is 5.76 Å². The summed E-state index contributed by atoms with van der Waals surface area (Å²) in [6.45, 7) is 2.21. The number of carboxylic acids is 1. The van der Waals surface area contributed by atoms with Gasteiger partial charge in [-0.05, 0) is 49.2 Å². The maximum absolute atomic E-state index is 12.8. The third kappa shape index (κ3) is 10.2. The van der Waals surface area contributed by atoms with Crippen LogP contribution in [0.2, 0.25) is 0 Å². The number of nitrogens with zero attached hydrogens (tertiary/aromatic N) is 1. The number of rotatable bonds is 9. The summed E-state index contributed by atoms with van der Waals surface area (Å²) in [5, 5.41) is 12.7. The Labute approximate surface area is 242 Å². The maximum Gasteiger partial charge on any atom is 2.00 e. The van der Waals surface area contributed by atoms with Crippen molar-refractivity contribution in [3.63, 3.8) is 0 Å². The van der Waals surface area contributed by atoms with Crippen LogP contribution in [0, 0.1) is 6.92 Å². The Morgan fingerprint density at radius 1 is 1.02 bits per heavy atom. The quantitative estimate of drug-likeness (QED) is 0.0530. The molecule has 9 nitrogen and oxygen atoms in total. The van der Waals surface area contributed by atoms with Crippen molar-refractivity contribution >= 4 is 35.4 Å². The molecule has 0 bridgehead atoms. The number of ketones is 1. The zero-order valence-corrected chi connectivity index (χ0v) is 22.7. The molecule has 0 fully saturated rings. The van der Waals surface area contributed by atoms with Gasteiger partial charge in [-0.1, -0.05) is 23.9 Å². The van der Waals surface area contributed by atoms with Gasteiger partial charge in [0.25, 0.3) is 5.91 Å². The number of nitrogens with one attached hydrogen (secondary N) is 1. The van der Waals surface area contributed by atoms with Gasteiger partial charge in [-0.15, -0.1) is 0 Å². The third-order valence-corrected chi connectivity index (χ3v) is 5.25. The Kier molecular flexibility index (Phi) is 12.9. The molecule has 0 radical (unpaired) electrons. The number of hydrogen-bond donors (Lipinski definition) is 2. The Morgan fingerprint density at radius 2 is 1.70 bits per heavy atom. The van der Waals surface area contributed by atoms with E-state index in [-0.39, 0.29) is 40.7 Å². The molecule has 1 amide bonds. The van der Waals surface area contributed by atoms with Gasteiger partial charge in [-0.3, -0.25) is 9.59 Å². The van der Waals surface area contributed by atoms with Gasteiger partial charge in [0.2, 0.25) is 5.78 Å². The molecule has 0 saturated heterocycles. The molecule has 0 unspecified atom stereocenters. The van der Waals surface area contributed by atoms with E-state index in [1.54, 1.807) is 37.3 Å². The number of aryl methyl sites for hydroxylation is 1. The number of furan rings is 1. The summed E-state index contributed by atoms with van der Waals surface area (Å²) in [4.78, 5) is 52.2. The Morgan fingerprint density at radius 3 is 2.25 bits per heavy atom. The SMILES string of the molecule is Cc1ccc(C(=O)/C=C/c2ccc(C(=O)N(CCCN[c-]3cccc3)OC(=O)C(=O)O)cc2)o1.[Fe+2].c1cc[cH-]c1. The molecule has 4 rings (SSSR count). The third-order valence-electron chi connectivity index (χ3n) is 5.25. The van der Waals surface area contributed by atoms with E-state index in [1.807, 2.05) is 54.6 Å². The number of carboxylic acid groups (broad SMARTS) is 1. The second kappa shape index (κ2) is 16.3. The predicted octanol–water partition coefficient (Wildman–Crippen LogP) is 5.09.